The van der Waals surface area contributed by atoms with E-state index in [9.17, 15) is 37.9 Å². The summed E-state index contributed by atoms with van der Waals surface area (Å²) in [6.07, 6.45) is 26.1. The molecule has 54 heavy (non-hydrogen) atoms. The smallest absolute Gasteiger partial charge is 0.306 e. The number of esters is 2. The third kappa shape index (κ3) is 26.4. The van der Waals surface area contributed by atoms with E-state index in [1.807, 2.05) is 18.2 Å². The molecule has 1 aliphatic rings. The molecule has 1 aliphatic heterocycles. The molecule has 0 spiro atoms. The van der Waals surface area contributed by atoms with Crippen LogP contribution in [-0.4, -0.2) is 96.0 Å². The molecule has 0 saturated carbocycles. The number of allylic oxidation sites excluding steroid dienone is 8. The van der Waals surface area contributed by atoms with Crippen LogP contribution in [0.15, 0.2) is 48.6 Å². The van der Waals surface area contributed by atoms with Crippen molar-refractivity contribution in [3.63, 3.8) is 0 Å². The monoisotopic (exact) mass is 786 g/mol. The first-order valence-electron chi connectivity index (χ1n) is 20.2. The Morgan fingerprint density at radius 1 is 0.648 bits per heavy atom. The summed E-state index contributed by atoms with van der Waals surface area (Å²) < 4.78 is 53.8. The Hall–Kier alpha value is -2.39. The molecule has 13 heteroatoms. The largest absolute Gasteiger partial charge is 0.462 e. The van der Waals surface area contributed by atoms with Gasteiger partial charge >= 0.3 is 11.9 Å². The van der Waals surface area contributed by atoms with Gasteiger partial charge in [0.25, 0.3) is 10.1 Å². The molecule has 0 aromatic rings. The van der Waals surface area contributed by atoms with Crippen LogP contribution in [0, 0.1) is 0 Å². The zero-order valence-corrected chi connectivity index (χ0v) is 33.6. The fourth-order valence-corrected chi connectivity index (χ4v) is 6.50. The molecule has 0 aliphatic carbocycles. The van der Waals surface area contributed by atoms with Gasteiger partial charge in [0.05, 0.1) is 6.61 Å². The highest BCUT2D eigenvalue weighted by molar-refractivity contribution is 7.85. The van der Waals surface area contributed by atoms with Crippen molar-refractivity contribution in [2.24, 2.45) is 0 Å². The van der Waals surface area contributed by atoms with Gasteiger partial charge in [-0.05, 0) is 38.5 Å². The molecule has 6 unspecified atom stereocenters. The lowest BCUT2D eigenvalue weighted by atomic mass is 10.00. The molecular weight excluding hydrogens is 717 g/mol. The molecule has 0 amide bonds. The number of hydrogen-bond acceptors (Lipinski definition) is 11. The molecule has 4 N–H and O–H groups in total. The van der Waals surface area contributed by atoms with Crippen LogP contribution in [0.25, 0.3) is 0 Å². The van der Waals surface area contributed by atoms with Crippen molar-refractivity contribution in [1.29, 1.82) is 0 Å². The molecule has 0 aromatic heterocycles. The van der Waals surface area contributed by atoms with Gasteiger partial charge in [-0.25, -0.2) is 0 Å². The van der Waals surface area contributed by atoms with Gasteiger partial charge in [-0.15, -0.1) is 0 Å². The Balaban J connectivity index is 2.56. The Morgan fingerprint density at radius 2 is 1.17 bits per heavy atom. The number of aliphatic hydroxyl groups is 3. The van der Waals surface area contributed by atoms with Crippen LogP contribution in [-0.2, 0) is 38.7 Å². The maximum Gasteiger partial charge on any atom is 0.306 e. The molecule has 1 fully saturated rings. The quantitative estimate of drug-likeness (QED) is 0.0233. The zero-order chi connectivity index (χ0) is 39.9. The minimum absolute atomic E-state index is 0.0432. The highest BCUT2D eigenvalue weighted by Gasteiger charge is 2.46. The minimum Gasteiger partial charge on any atom is -0.462 e. The van der Waals surface area contributed by atoms with E-state index in [1.54, 1.807) is 0 Å². The number of carbonyl (C=O) groups is 2. The van der Waals surface area contributed by atoms with Crippen LogP contribution < -0.4 is 0 Å². The number of rotatable bonds is 32. The lowest BCUT2D eigenvalue weighted by Crippen LogP contribution is -2.60. The van der Waals surface area contributed by atoms with Crippen molar-refractivity contribution in [2.75, 3.05) is 19.0 Å². The van der Waals surface area contributed by atoms with E-state index < -0.39 is 71.2 Å². The number of hydrogen-bond donors (Lipinski definition) is 4. The summed E-state index contributed by atoms with van der Waals surface area (Å²) in [5.41, 5.74) is 0. The Labute approximate surface area is 324 Å². The van der Waals surface area contributed by atoms with E-state index in [0.29, 0.717) is 19.3 Å². The zero-order valence-electron chi connectivity index (χ0n) is 32.8. The summed E-state index contributed by atoms with van der Waals surface area (Å²) in [6, 6.07) is 0. The van der Waals surface area contributed by atoms with E-state index in [2.05, 4.69) is 44.2 Å². The summed E-state index contributed by atoms with van der Waals surface area (Å²) in [6.45, 7) is 3.55. The van der Waals surface area contributed by atoms with Gasteiger partial charge in [0.15, 0.2) is 12.4 Å². The normalized spacial score (nSPS) is 21.5. The summed E-state index contributed by atoms with van der Waals surface area (Å²) >= 11 is 0. The van der Waals surface area contributed by atoms with Crippen molar-refractivity contribution in [3.05, 3.63) is 48.6 Å². The van der Waals surface area contributed by atoms with Gasteiger partial charge < -0.3 is 34.3 Å². The number of ether oxygens (including phenoxy) is 4. The summed E-state index contributed by atoms with van der Waals surface area (Å²) in [5, 5.41) is 30.8. The van der Waals surface area contributed by atoms with Crippen LogP contribution in [0.2, 0.25) is 0 Å². The minimum atomic E-state index is -4.61. The molecule has 1 heterocycles. The summed E-state index contributed by atoms with van der Waals surface area (Å²) in [5.74, 6) is -2.09. The fraction of sp³-hybridized carbons (Fsp3) is 0.756. The SMILES string of the molecule is CC/C=C\C/C=C\C/C=C\C/C=C\CCC(=O)OC(COC(=O)CCCCCCCCCCCCCCC)COC1OC(CS(=O)(=O)O)C(O)C(O)C1O. The maximum absolute atomic E-state index is 12.7. The lowest BCUT2D eigenvalue weighted by molar-refractivity contribution is -0.297. The van der Waals surface area contributed by atoms with E-state index in [1.165, 1.54) is 57.8 Å². The van der Waals surface area contributed by atoms with Gasteiger partial charge in [0.2, 0.25) is 0 Å². The van der Waals surface area contributed by atoms with Crippen LogP contribution in [0.3, 0.4) is 0 Å². The second-order valence-electron chi connectivity index (χ2n) is 13.9. The molecular formula is C41H70O12S. The molecule has 1 rings (SSSR count). The molecule has 1 saturated heterocycles. The van der Waals surface area contributed by atoms with E-state index in [0.717, 1.165) is 38.5 Å². The highest BCUT2D eigenvalue weighted by atomic mass is 32.2. The van der Waals surface area contributed by atoms with Gasteiger partial charge in [0.1, 0.15) is 36.8 Å². The van der Waals surface area contributed by atoms with Crippen LogP contribution >= 0.6 is 0 Å². The average Bonchev–Trinajstić information content (AvgIpc) is 3.13. The lowest BCUT2D eigenvalue weighted by Gasteiger charge is -2.40. The third-order valence-corrected chi connectivity index (χ3v) is 9.69. The Morgan fingerprint density at radius 3 is 1.70 bits per heavy atom. The second-order valence-corrected chi connectivity index (χ2v) is 15.4. The summed E-state index contributed by atoms with van der Waals surface area (Å²) in [7, 11) is -4.61. The van der Waals surface area contributed by atoms with Crippen LogP contribution in [0.1, 0.15) is 142 Å². The van der Waals surface area contributed by atoms with Crippen molar-refractivity contribution in [3.8, 4) is 0 Å². The van der Waals surface area contributed by atoms with Gasteiger partial charge in [-0.3, -0.25) is 14.1 Å². The van der Waals surface area contributed by atoms with Crippen LogP contribution in [0.5, 0.6) is 0 Å². The van der Waals surface area contributed by atoms with E-state index in [4.69, 9.17) is 18.9 Å². The Kier molecular flexibility index (Phi) is 29.2. The molecule has 12 nitrogen and oxygen atoms in total. The van der Waals surface area contributed by atoms with Crippen LogP contribution in [0.4, 0.5) is 0 Å². The molecule has 312 valence electrons. The second kappa shape index (κ2) is 31.8. The first-order chi connectivity index (χ1) is 26.0. The third-order valence-electron chi connectivity index (χ3n) is 8.94. The predicted octanol–water partition coefficient (Wildman–Crippen LogP) is 7.22. The highest BCUT2D eigenvalue weighted by Crippen LogP contribution is 2.24. The maximum atomic E-state index is 12.7. The molecule has 6 atom stereocenters. The van der Waals surface area contributed by atoms with Crippen molar-refractivity contribution in [1.82, 2.24) is 0 Å². The topological polar surface area (TPSA) is 186 Å². The van der Waals surface area contributed by atoms with Crippen molar-refractivity contribution < 1.29 is 56.8 Å². The van der Waals surface area contributed by atoms with Gasteiger partial charge in [-0.1, -0.05) is 140 Å². The Bertz CT molecular complexity index is 1200. The molecule has 0 radical (unpaired) electrons. The predicted molar refractivity (Wildman–Crippen MR) is 210 cm³/mol. The van der Waals surface area contributed by atoms with Crippen molar-refractivity contribution in [2.45, 2.75) is 179 Å². The first-order valence-corrected chi connectivity index (χ1v) is 21.8. The number of unbranched alkanes of at least 4 members (excludes halogenated alkanes) is 12. The molecule has 0 bridgehead atoms. The average molecular weight is 787 g/mol. The standard InChI is InChI=1S/C41H70O12S/c1-3-5-7-9-11-13-15-17-19-21-23-25-27-29-36(42)50-31-34(32-51-41-40(46)39(45)38(44)35(53-41)33-54(47,48)49)52-37(43)30-28-26-24-22-20-18-16-14-12-10-8-6-4-2/h6,8,12,14,18,20,24,26,34-35,38-41,44-46H,3-5,7,9-11,13,15-17,19,21-23,25,27-33H2,1-2H3,(H,47,48,49)/b8-6-,14-12-,20-18-,26-24-. The van der Waals surface area contributed by atoms with Crippen molar-refractivity contribution >= 4 is 22.1 Å². The fourth-order valence-electron chi connectivity index (χ4n) is 5.81. The summed E-state index contributed by atoms with van der Waals surface area (Å²) in [4.78, 5) is 25.2. The molecule has 0 aromatic carbocycles. The number of aliphatic hydroxyl groups excluding tert-OH is 3. The van der Waals surface area contributed by atoms with E-state index >= 15 is 0 Å². The number of carbonyl (C=O) groups excluding carboxylic acids is 2. The first kappa shape index (κ1) is 49.6. The van der Waals surface area contributed by atoms with E-state index in [-0.39, 0.29) is 19.4 Å². The van der Waals surface area contributed by atoms with Gasteiger partial charge in [-0.2, -0.15) is 8.42 Å². The van der Waals surface area contributed by atoms with Gasteiger partial charge in [0, 0.05) is 12.8 Å².